The van der Waals surface area contributed by atoms with Gasteiger partial charge in [0.2, 0.25) is 0 Å². The summed E-state index contributed by atoms with van der Waals surface area (Å²) in [5, 5.41) is 14.0. The highest BCUT2D eigenvalue weighted by atomic mass is 16.4. The molecule has 0 aliphatic heterocycles. The quantitative estimate of drug-likeness (QED) is 0.571. The molecule has 0 aliphatic rings. The molecule has 5 heteroatoms. The lowest BCUT2D eigenvalue weighted by molar-refractivity contribution is -0.137. The molecule has 0 spiro atoms. The Bertz CT molecular complexity index is 242. The zero-order valence-electron chi connectivity index (χ0n) is 11.0. The Balaban J connectivity index is 3.49. The molecule has 17 heavy (non-hydrogen) atoms. The number of carbonyl (C=O) groups excluding carboxylic acids is 1. The molecule has 0 heterocycles. The molecule has 0 saturated heterocycles. The first-order valence-electron chi connectivity index (χ1n) is 6.18. The fourth-order valence-corrected chi connectivity index (χ4v) is 1.64. The van der Waals surface area contributed by atoms with Crippen LogP contribution in [0.25, 0.3) is 0 Å². The van der Waals surface area contributed by atoms with Crippen LogP contribution in [0.4, 0.5) is 4.79 Å². The Morgan fingerprint density at radius 3 is 2.35 bits per heavy atom. The lowest BCUT2D eigenvalue weighted by atomic mass is 10.1. The maximum Gasteiger partial charge on any atom is 0.314 e. The van der Waals surface area contributed by atoms with Gasteiger partial charge in [0, 0.05) is 19.0 Å². The van der Waals surface area contributed by atoms with Crippen LogP contribution in [0.2, 0.25) is 0 Å². The van der Waals surface area contributed by atoms with E-state index in [0.29, 0.717) is 25.3 Å². The zero-order chi connectivity index (χ0) is 13.3. The number of carbonyl (C=O) groups is 2. The summed E-state index contributed by atoms with van der Waals surface area (Å²) in [6.45, 7) is 6.72. The van der Waals surface area contributed by atoms with E-state index < -0.39 is 5.97 Å². The number of amides is 2. The van der Waals surface area contributed by atoms with Gasteiger partial charge in [-0.3, -0.25) is 4.79 Å². The molecule has 5 nitrogen and oxygen atoms in total. The second-order valence-electron chi connectivity index (χ2n) is 4.78. The van der Waals surface area contributed by atoms with Gasteiger partial charge in [-0.05, 0) is 32.1 Å². The summed E-state index contributed by atoms with van der Waals surface area (Å²) in [4.78, 5) is 21.6. The molecule has 0 radical (unpaired) electrons. The number of unbranched alkanes of at least 4 members (excludes halogenated alkanes) is 1. The Morgan fingerprint density at radius 1 is 1.18 bits per heavy atom. The third-order valence-corrected chi connectivity index (χ3v) is 2.31. The average Bonchev–Trinajstić information content (AvgIpc) is 2.14. The molecular weight excluding hydrogens is 220 g/mol. The summed E-state index contributed by atoms with van der Waals surface area (Å²) in [6, 6.07) is -0.0116. The number of rotatable bonds is 8. The molecule has 0 bridgehead atoms. The van der Waals surface area contributed by atoms with Crippen molar-refractivity contribution in [3.63, 3.8) is 0 Å². The number of hydrogen-bond donors (Lipinski definition) is 3. The number of urea groups is 1. The van der Waals surface area contributed by atoms with Crippen LogP contribution in [0.3, 0.4) is 0 Å². The van der Waals surface area contributed by atoms with Gasteiger partial charge in [-0.2, -0.15) is 0 Å². The van der Waals surface area contributed by atoms with E-state index in [4.69, 9.17) is 5.11 Å². The predicted molar refractivity (Wildman–Crippen MR) is 66.9 cm³/mol. The predicted octanol–water partition coefficient (Wildman–Crippen LogP) is 1.98. The van der Waals surface area contributed by atoms with Crippen molar-refractivity contribution in [2.75, 3.05) is 6.54 Å². The highest BCUT2D eigenvalue weighted by molar-refractivity contribution is 5.74. The maximum absolute atomic E-state index is 11.4. The van der Waals surface area contributed by atoms with Crippen LogP contribution in [0.15, 0.2) is 0 Å². The summed E-state index contributed by atoms with van der Waals surface area (Å²) >= 11 is 0. The van der Waals surface area contributed by atoms with E-state index in [2.05, 4.69) is 24.5 Å². The molecule has 0 aromatic carbocycles. The molecule has 0 aromatic rings. The van der Waals surface area contributed by atoms with Crippen LogP contribution < -0.4 is 10.6 Å². The molecule has 0 aromatic heterocycles. The molecule has 2 amide bonds. The average molecular weight is 244 g/mol. The number of hydrogen-bond acceptors (Lipinski definition) is 2. The van der Waals surface area contributed by atoms with Gasteiger partial charge in [-0.15, -0.1) is 0 Å². The number of nitrogens with one attached hydrogen (secondary N) is 2. The Labute approximate surface area is 103 Å². The smallest absolute Gasteiger partial charge is 0.314 e. The largest absolute Gasteiger partial charge is 0.481 e. The number of carboxylic acids is 1. The van der Waals surface area contributed by atoms with Gasteiger partial charge in [-0.25, -0.2) is 4.79 Å². The first-order valence-corrected chi connectivity index (χ1v) is 6.18. The minimum atomic E-state index is -0.792. The third kappa shape index (κ3) is 11.0. The van der Waals surface area contributed by atoms with Gasteiger partial charge in [0.1, 0.15) is 0 Å². The van der Waals surface area contributed by atoms with E-state index >= 15 is 0 Å². The zero-order valence-corrected chi connectivity index (χ0v) is 11.0. The third-order valence-electron chi connectivity index (χ3n) is 2.31. The second kappa shape index (κ2) is 8.84. The number of carboxylic acid groups (broad SMARTS) is 1. The van der Waals surface area contributed by atoms with E-state index in [9.17, 15) is 9.59 Å². The standard InChI is InChI=1S/C12H24N2O3/c1-9(2)8-10(3)14-12(17)13-7-5-4-6-11(15)16/h9-10H,4-8H2,1-3H3,(H,15,16)(H2,13,14,17). The topological polar surface area (TPSA) is 78.4 Å². The minimum absolute atomic E-state index is 0.160. The van der Waals surface area contributed by atoms with Crippen LogP contribution >= 0.6 is 0 Å². The van der Waals surface area contributed by atoms with Crippen molar-refractivity contribution in [3.05, 3.63) is 0 Å². The normalized spacial score (nSPS) is 12.2. The lowest BCUT2D eigenvalue weighted by Crippen LogP contribution is -2.41. The number of aliphatic carboxylic acids is 1. The Hall–Kier alpha value is -1.26. The van der Waals surface area contributed by atoms with Crippen molar-refractivity contribution in [1.29, 1.82) is 0 Å². The molecule has 0 rings (SSSR count). The van der Waals surface area contributed by atoms with Gasteiger partial charge in [0.15, 0.2) is 0 Å². The fourth-order valence-electron chi connectivity index (χ4n) is 1.64. The van der Waals surface area contributed by atoms with E-state index in [-0.39, 0.29) is 18.5 Å². The van der Waals surface area contributed by atoms with Crippen LogP contribution in [0, 0.1) is 5.92 Å². The van der Waals surface area contributed by atoms with E-state index in [0.717, 1.165) is 6.42 Å². The van der Waals surface area contributed by atoms with Crippen molar-refractivity contribution in [2.24, 2.45) is 5.92 Å². The Morgan fingerprint density at radius 2 is 1.82 bits per heavy atom. The van der Waals surface area contributed by atoms with E-state index in [1.165, 1.54) is 0 Å². The Kier molecular flexibility index (Phi) is 8.19. The molecule has 1 unspecified atom stereocenters. The summed E-state index contributed by atoms with van der Waals surface area (Å²) in [6.07, 6.45) is 2.40. The van der Waals surface area contributed by atoms with Crippen LogP contribution in [0.5, 0.6) is 0 Å². The molecule has 0 saturated carbocycles. The SMILES string of the molecule is CC(C)CC(C)NC(=O)NCCCCC(=O)O. The van der Waals surface area contributed by atoms with Crippen LogP contribution in [-0.4, -0.2) is 29.7 Å². The van der Waals surface area contributed by atoms with Crippen LogP contribution in [0.1, 0.15) is 46.5 Å². The van der Waals surface area contributed by atoms with Gasteiger partial charge in [-0.1, -0.05) is 13.8 Å². The van der Waals surface area contributed by atoms with Crippen molar-refractivity contribution >= 4 is 12.0 Å². The first kappa shape index (κ1) is 15.7. The highest BCUT2D eigenvalue weighted by Gasteiger charge is 2.08. The van der Waals surface area contributed by atoms with Gasteiger partial charge >= 0.3 is 12.0 Å². The van der Waals surface area contributed by atoms with Crippen molar-refractivity contribution < 1.29 is 14.7 Å². The minimum Gasteiger partial charge on any atom is -0.481 e. The van der Waals surface area contributed by atoms with Crippen molar-refractivity contribution in [1.82, 2.24) is 10.6 Å². The molecule has 3 N–H and O–H groups in total. The summed E-state index contributed by atoms with van der Waals surface area (Å²) < 4.78 is 0. The van der Waals surface area contributed by atoms with E-state index in [1.54, 1.807) is 0 Å². The highest BCUT2D eigenvalue weighted by Crippen LogP contribution is 2.03. The first-order chi connectivity index (χ1) is 7.91. The molecule has 0 aliphatic carbocycles. The summed E-state index contributed by atoms with van der Waals surface area (Å²) in [5.41, 5.74) is 0. The second-order valence-corrected chi connectivity index (χ2v) is 4.78. The summed E-state index contributed by atoms with van der Waals surface area (Å²) in [5.74, 6) is -0.235. The molecule has 0 fully saturated rings. The molecule has 1 atom stereocenters. The molecular formula is C12H24N2O3. The van der Waals surface area contributed by atoms with E-state index in [1.807, 2.05) is 6.92 Å². The van der Waals surface area contributed by atoms with Crippen LogP contribution in [-0.2, 0) is 4.79 Å². The monoisotopic (exact) mass is 244 g/mol. The fraction of sp³-hybridized carbons (Fsp3) is 0.833. The van der Waals surface area contributed by atoms with Gasteiger partial charge < -0.3 is 15.7 Å². The maximum atomic E-state index is 11.4. The molecule has 100 valence electrons. The van der Waals surface area contributed by atoms with Gasteiger partial charge in [0.05, 0.1) is 0 Å². The van der Waals surface area contributed by atoms with Crippen molar-refractivity contribution in [2.45, 2.75) is 52.5 Å². The lowest BCUT2D eigenvalue weighted by Gasteiger charge is -2.16. The van der Waals surface area contributed by atoms with Crippen molar-refractivity contribution in [3.8, 4) is 0 Å². The van der Waals surface area contributed by atoms with Gasteiger partial charge in [0.25, 0.3) is 0 Å². The summed E-state index contributed by atoms with van der Waals surface area (Å²) in [7, 11) is 0.